The van der Waals surface area contributed by atoms with Gasteiger partial charge < -0.3 is 10.2 Å². The smallest absolute Gasteiger partial charge is 0.230 e. The maximum Gasteiger partial charge on any atom is 0.230 e. The quantitative estimate of drug-likeness (QED) is 0.662. The van der Waals surface area contributed by atoms with Crippen LogP contribution in [0.1, 0.15) is 6.92 Å². The molecule has 7 nitrogen and oxygen atoms in total. The molecule has 0 saturated carbocycles. The summed E-state index contributed by atoms with van der Waals surface area (Å²) in [5.74, 6) is 0.343. The predicted octanol–water partition coefficient (Wildman–Crippen LogP) is -0.537. The van der Waals surface area contributed by atoms with E-state index in [1.165, 1.54) is 11.8 Å². The minimum Gasteiger partial charge on any atom is -0.356 e. The van der Waals surface area contributed by atoms with Crippen LogP contribution in [0.3, 0.4) is 0 Å². The van der Waals surface area contributed by atoms with E-state index < -0.39 is 0 Å². The molecule has 17 heavy (non-hydrogen) atoms. The second kappa shape index (κ2) is 7.23. The van der Waals surface area contributed by atoms with Crippen molar-refractivity contribution >= 4 is 17.7 Å². The standard InChI is InChI=1S/C9H18N6OS/c1-4-10-8(16)7-17-9-11-12-13-15(9)6-5-14(2)3/h4-7H2,1-3H3,(H,10,16). The number of rotatable bonds is 7. The van der Waals surface area contributed by atoms with Gasteiger partial charge in [0.1, 0.15) is 0 Å². The molecule has 1 aromatic rings. The third kappa shape index (κ3) is 5.14. The molecule has 0 saturated heterocycles. The van der Waals surface area contributed by atoms with E-state index in [4.69, 9.17) is 0 Å². The summed E-state index contributed by atoms with van der Waals surface area (Å²) < 4.78 is 1.71. The summed E-state index contributed by atoms with van der Waals surface area (Å²) >= 11 is 1.35. The summed E-state index contributed by atoms with van der Waals surface area (Å²) in [6.45, 7) is 4.12. The van der Waals surface area contributed by atoms with E-state index in [0.717, 1.165) is 13.1 Å². The highest BCUT2D eigenvalue weighted by molar-refractivity contribution is 7.99. The molecule has 1 N–H and O–H groups in total. The van der Waals surface area contributed by atoms with Crippen molar-refractivity contribution in [3.05, 3.63) is 0 Å². The molecular weight excluding hydrogens is 240 g/mol. The van der Waals surface area contributed by atoms with Gasteiger partial charge in [0, 0.05) is 13.1 Å². The van der Waals surface area contributed by atoms with Gasteiger partial charge in [0.25, 0.3) is 0 Å². The Hall–Kier alpha value is -1.15. The van der Waals surface area contributed by atoms with Crippen LogP contribution in [0.15, 0.2) is 5.16 Å². The van der Waals surface area contributed by atoms with Crippen molar-refractivity contribution in [3.63, 3.8) is 0 Å². The van der Waals surface area contributed by atoms with E-state index in [9.17, 15) is 4.79 Å². The number of carbonyl (C=O) groups is 1. The van der Waals surface area contributed by atoms with Crippen LogP contribution < -0.4 is 5.32 Å². The highest BCUT2D eigenvalue weighted by Crippen LogP contribution is 2.12. The maximum atomic E-state index is 11.3. The normalized spacial score (nSPS) is 10.8. The van der Waals surface area contributed by atoms with Gasteiger partial charge in [-0.25, -0.2) is 4.68 Å². The first-order chi connectivity index (χ1) is 8.13. The summed E-state index contributed by atoms with van der Waals surface area (Å²) in [6, 6.07) is 0. The molecule has 1 aromatic heterocycles. The molecule has 0 unspecified atom stereocenters. The number of likely N-dealkylation sites (N-methyl/N-ethyl adjacent to an activating group) is 1. The number of tetrazole rings is 1. The molecule has 0 atom stereocenters. The lowest BCUT2D eigenvalue weighted by Gasteiger charge is -2.09. The SMILES string of the molecule is CCNC(=O)CSc1nnnn1CCN(C)C. The molecule has 0 aliphatic rings. The second-order valence-electron chi connectivity index (χ2n) is 3.73. The van der Waals surface area contributed by atoms with Crippen LogP contribution >= 0.6 is 11.8 Å². The number of hydrogen-bond acceptors (Lipinski definition) is 6. The highest BCUT2D eigenvalue weighted by atomic mass is 32.2. The van der Waals surface area contributed by atoms with Crippen LogP contribution in [0.4, 0.5) is 0 Å². The van der Waals surface area contributed by atoms with Crippen molar-refractivity contribution in [1.82, 2.24) is 30.4 Å². The summed E-state index contributed by atoms with van der Waals surface area (Å²) in [5.41, 5.74) is 0. The van der Waals surface area contributed by atoms with Crippen LogP contribution in [-0.4, -0.2) is 64.0 Å². The first kappa shape index (κ1) is 13.9. The third-order valence-electron chi connectivity index (χ3n) is 1.96. The van der Waals surface area contributed by atoms with Crippen molar-refractivity contribution in [2.24, 2.45) is 0 Å². The van der Waals surface area contributed by atoms with Crippen LogP contribution in [0, 0.1) is 0 Å². The lowest BCUT2D eigenvalue weighted by atomic mass is 10.6. The zero-order valence-corrected chi connectivity index (χ0v) is 11.2. The molecule has 0 aliphatic carbocycles. The minimum atomic E-state index is -0.000315. The number of aromatic nitrogens is 4. The molecule has 0 radical (unpaired) electrons. The van der Waals surface area contributed by atoms with E-state index in [1.807, 2.05) is 21.0 Å². The molecule has 0 aliphatic heterocycles. The van der Waals surface area contributed by atoms with Gasteiger partial charge in [-0.1, -0.05) is 11.8 Å². The summed E-state index contributed by atoms with van der Waals surface area (Å²) in [4.78, 5) is 13.4. The number of nitrogens with zero attached hydrogens (tertiary/aromatic N) is 5. The van der Waals surface area contributed by atoms with Crippen molar-refractivity contribution in [3.8, 4) is 0 Å². The largest absolute Gasteiger partial charge is 0.356 e. The zero-order valence-electron chi connectivity index (χ0n) is 10.4. The average molecular weight is 258 g/mol. The molecule has 0 bridgehead atoms. The first-order valence-corrected chi connectivity index (χ1v) is 6.42. The van der Waals surface area contributed by atoms with E-state index in [1.54, 1.807) is 4.68 Å². The Balaban J connectivity index is 2.42. The summed E-state index contributed by atoms with van der Waals surface area (Å²) in [5, 5.41) is 14.8. The lowest BCUT2D eigenvalue weighted by Crippen LogP contribution is -2.25. The molecule has 8 heteroatoms. The number of thioether (sulfide) groups is 1. The monoisotopic (exact) mass is 258 g/mol. The molecular formula is C9H18N6OS. The fraction of sp³-hybridized carbons (Fsp3) is 0.778. The summed E-state index contributed by atoms with van der Waals surface area (Å²) in [7, 11) is 3.98. The molecule has 96 valence electrons. The van der Waals surface area contributed by atoms with Crippen LogP contribution in [0.5, 0.6) is 0 Å². The Bertz CT molecular complexity index is 353. The number of carbonyl (C=O) groups excluding carboxylic acids is 1. The Kier molecular flexibility index (Phi) is 5.92. The van der Waals surface area contributed by atoms with Gasteiger partial charge in [-0.05, 0) is 31.4 Å². The molecule has 0 aromatic carbocycles. The van der Waals surface area contributed by atoms with Gasteiger partial charge in [-0.2, -0.15) is 0 Å². The Labute approximate surface area is 105 Å². The van der Waals surface area contributed by atoms with Gasteiger partial charge in [0.2, 0.25) is 11.1 Å². The van der Waals surface area contributed by atoms with Gasteiger partial charge in [-0.15, -0.1) is 5.10 Å². The van der Waals surface area contributed by atoms with Gasteiger partial charge >= 0.3 is 0 Å². The van der Waals surface area contributed by atoms with Crippen molar-refractivity contribution in [1.29, 1.82) is 0 Å². The van der Waals surface area contributed by atoms with Crippen molar-refractivity contribution in [2.45, 2.75) is 18.6 Å². The van der Waals surface area contributed by atoms with E-state index in [2.05, 4.69) is 25.7 Å². The number of nitrogens with one attached hydrogen (secondary N) is 1. The molecule has 1 amide bonds. The zero-order chi connectivity index (χ0) is 12.7. The highest BCUT2D eigenvalue weighted by Gasteiger charge is 2.09. The molecule has 0 spiro atoms. The van der Waals surface area contributed by atoms with Gasteiger partial charge in [0.05, 0.1) is 12.3 Å². The fourth-order valence-electron chi connectivity index (χ4n) is 1.11. The molecule has 0 fully saturated rings. The van der Waals surface area contributed by atoms with Crippen molar-refractivity contribution < 1.29 is 4.79 Å². The predicted molar refractivity (Wildman–Crippen MR) is 65.8 cm³/mol. The summed E-state index contributed by atoms with van der Waals surface area (Å²) in [6.07, 6.45) is 0. The number of amides is 1. The van der Waals surface area contributed by atoms with E-state index in [0.29, 0.717) is 17.5 Å². The first-order valence-electron chi connectivity index (χ1n) is 5.44. The lowest BCUT2D eigenvalue weighted by molar-refractivity contribution is -0.118. The van der Waals surface area contributed by atoms with Crippen LogP contribution in [-0.2, 0) is 11.3 Å². The minimum absolute atomic E-state index is 0.000315. The van der Waals surface area contributed by atoms with Crippen LogP contribution in [0.25, 0.3) is 0 Å². The second-order valence-corrected chi connectivity index (χ2v) is 4.67. The van der Waals surface area contributed by atoms with E-state index >= 15 is 0 Å². The Morgan fingerprint density at radius 3 is 2.94 bits per heavy atom. The maximum absolute atomic E-state index is 11.3. The topological polar surface area (TPSA) is 75.9 Å². The molecule has 1 rings (SSSR count). The molecule has 1 heterocycles. The van der Waals surface area contributed by atoms with Gasteiger partial charge in [-0.3, -0.25) is 4.79 Å². The Morgan fingerprint density at radius 1 is 1.53 bits per heavy atom. The third-order valence-corrected chi connectivity index (χ3v) is 2.92. The van der Waals surface area contributed by atoms with E-state index in [-0.39, 0.29) is 5.91 Å². The van der Waals surface area contributed by atoms with Gasteiger partial charge in [0.15, 0.2) is 0 Å². The average Bonchev–Trinajstić information content (AvgIpc) is 2.71. The fourth-order valence-corrected chi connectivity index (χ4v) is 1.85. The Morgan fingerprint density at radius 2 is 2.29 bits per heavy atom. The van der Waals surface area contributed by atoms with Crippen molar-refractivity contribution in [2.75, 3.05) is 32.9 Å². The number of hydrogen-bond donors (Lipinski definition) is 1. The van der Waals surface area contributed by atoms with Crippen LogP contribution in [0.2, 0.25) is 0 Å².